The standard InChI is InChI=1S/C16H19N5/c1-11-8-12(21(3)20-11)9-15(17-2)16-10-18-13-6-4-5-7-14(13)19-16/h4-8,10,15,17H,9H2,1-3H3. The average molecular weight is 281 g/mol. The van der Waals surface area contributed by atoms with Crippen LogP contribution in [0.4, 0.5) is 0 Å². The van der Waals surface area contributed by atoms with Crippen molar-refractivity contribution in [3.8, 4) is 0 Å². The highest BCUT2D eigenvalue weighted by Crippen LogP contribution is 2.18. The maximum absolute atomic E-state index is 4.72. The van der Waals surface area contributed by atoms with Gasteiger partial charge in [-0.15, -0.1) is 0 Å². The van der Waals surface area contributed by atoms with Crippen LogP contribution in [0.15, 0.2) is 36.5 Å². The molecule has 1 unspecified atom stereocenters. The van der Waals surface area contributed by atoms with Gasteiger partial charge in [0.05, 0.1) is 34.7 Å². The summed E-state index contributed by atoms with van der Waals surface area (Å²) in [6.45, 7) is 2.01. The lowest BCUT2D eigenvalue weighted by Crippen LogP contribution is -2.21. The molecule has 0 aliphatic rings. The van der Waals surface area contributed by atoms with Crippen LogP contribution in [-0.4, -0.2) is 26.8 Å². The van der Waals surface area contributed by atoms with Crippen molar-refractivity contribution >= 4 is 11.0 Å². The summed E-state index contributed by atoms with van der Waals surface area (Å²) in [5.41, 5.74) is 5.02. The molecule has 0 amide bonds. The van der Waals surface area contributed by atoms with Crippen molar-refractivity contribution in [3.05, 3.63) is 53.6 Å². The Labute approximate surface area is 124 Å². The molecule has 3 rings (SSSR count). The highest BCUT2D eigenvalue weighted by molar-refractivity contribution is 5.73. The summed E-state index contributed by atoms with van der Waals surface area (Å²) >= 11 is 0. The van der Waals surface area contributed by atoms with Crippen molar-refractivity contribution in [2.24, 2.45) is 7.05 Å². The first kappa shape index (κ1) is 13.7. The van der Waals surface area contributed by atoms with Gasteiger partial charge in [-0.2, -0.15) is 5.10 Å². The van der Waals surface area contributed by atoms with E-state index in [4.69, 9.17) is 4.98 Å². The van der Waals surface area contributed by atoms with Crippen LogP contribution in [-0.2, 0) is 13.5 Å². The second-order valence-corrected chi connectivity index (χ2v) is 5.23. The van der Waals surface area contributed by atoms with E-state index in [9.17, 15) is 0 Å². The molecular formula is C16H19N5. The second kappa shape index (κ2) is 5.61. The molecule has 0 aliphatic carbocycles. The van der Waals surface area contributed by atoms with Gasteiger partial charge in [0.1, 0.15) is 0 Å². The summed E-state index contributed by atoms with van der Waals surface area (Å²) in [6.07, 6.45) is 2.69. The third-order valence-electron chi connectivity index (χ3n) is 3.68. The second-order valence-electron chi connectivity index (χ2n) is 5.23. The number of likely N-dealkylation sites (N-methyl/N-ethyl adjacent to an activating group) is 1. The lowest BCUT2D eigenvalue weighted by atomic mass is 10.1. The number of hydrogen-bond donors (Lipinski definition) is 1. The number of hydrogen-bond acceptors (Lipinski definition) is 4. The Bertz CT molecular complexity index is 762. The molecule has 5 heteroatoms. The van der Waals surface area contributed by atoms with Gasteiger partial charge in [-0.25, -0.2) is 4.98 Å². The molecule has 5 nitrogen and oxygen atoms in total. The third-order valence-corrected chi connectivity index (χ3v) is 3.68. The molecule has 0 fully saturated rings. The van der Waals surface area contributed by atoms with E-state index in [1.54, 1.807) is 0 Å². The average Bonchev–Trinajstić information content (AvgIpc) is 2.82. The molecule has 0 saturated carbocycles. The molecule has 3 aromatic rings. The Kier molecular flexibility index (Phi) is 3.66. The number of fused-ring (bicyclic) bond motifs is 1. The van der Waals surface area contributed by atoms with E-state index >= 15 is 0 Å². The lowest BCUT2D eigenvalue weighted by molar-refractivity contribution is 0.549. The van der Waals surface area contributed by atoms with Crippen LogP contribution >= 0.6 is 0 Å². The summed E-state index contributed by atoms with van der Waals surface area (Å²) in [5.74, 6) is 0. The molecule has 0 saturated heterocycles. The highest BCUT2D eigenvalue weighted by Gasteiger charge is 2.15. The van der Waals surface area contributed by atoms with E-state index in [1.165, 1.54) is 5.69 Å². The SMILES string of the molecule is CNC(Cc1cc(C)nn1C)c1cnc2ccccc2n1. The topological polar surface area (TPSA) is 55.6 Å². The van der Waals surface area contributed by atoms with Crippen LogP contribution in [0.2, 0.25) is 0 Å². The molecule has 1 N–H and O–H groups in total. The van der Waals surface area contributed by atoms with Gasteiger partial charge in [0, 0.05) is 19.2 Å². The first-order chi connectivity index (χ1) is 10.2. The number of aryl methyl sites for hydroxylation is 2. The van der Waals surface area contributed by atoms with Crippen LogP contribution in [0, 0.1) is 6.92 Å². The lowest BCUT2D eigenvalue weighted by Gasteiger charge is -2.15. The van der Waals surface area contributed by atoms with Gasteiger partial charge in [-0.3, -0.25) is 9.67 Å². The molecule has 21 heavy (non-hydrogen) atoms. The van der Waals surface area contributed by atoms with E-state index in [2.05, 4.69) is 21.5 Å². The minimum Gasteiger partial charge on any atom is -0.311 e. The Hall–Kier alpha value is -2.27. The molecule has 2 aromatic heterocycles. The maximum atomic E-state index is 4.72. The van der Waals surface area contributed by atoms with Gasteiger partial charge in [0.25, 0.3) is 0 Å². The molecule has 0 bridgehead atoms. The molecule has 0 aliphatic heterocycles. The van der Waals surface area contributed by atoms with Crippen molar-refractivity contribution in [2.75, 3.05) is 7.05 Å². The minimum atomic E-state index is 0.122. The fourth-order valence-corrected chi connectivity index (χ4v) is 2.56. The summed E-state index contributed by atoms with van der Waals surface area (Å²) < 4.78 is 1.92. The Morgan fingerprint density at radius 3 is 2.67 bits per heavy atom. The van der Waals surface area contributed by atoms with Crippen LogP contribution in [0.3, 0.4) is 0 Å². The van der Waals surface area contributed by atoms with Crippen molar-refractivity contribution in [3.63, 3.8) is 0 Å². The molecule has 2 heterocycles. The fourth-order valence-electron chi connectivity index (χ4n) is 2.56. The van der Waals surface area contributed by atoms with Gasteiger partial charge < -0.3 is 5.32 Å². The van der Waals surface area contributed by atoms with Crippen LogP contribution in [0.5, 0.6) is 0 Å². The number of para-hydroxylation sites is 2. The number of nitrogens with zero attached hydrogens (tertiary/aromatic N) is 4. The van der Waals surface area contributed by atoms with E-state index in [-0.39, 0.29) is 6.04 Å². The van der Waals surface area contributed by atoms with Gasteiger partial charge >= 0.3 is 0 Å². The first-order valence-corrected chi connectivity index (χ1v) is 7.06. The number of rotatable bonds is 4. The summed E-state index contributed by atoms with van der Waals surface area (Å²) in [5, 5.41) is 7.72. The molecule has 1 aromatic carbocycles. The van der Waals surface area contributed by atoms with Gasteiger partial charge in [0.2, 0.25) is 0 Å². The zero-order valence-electron chi connectivity index (χ0n) is 12.5. The predicted octanol–water partition coefficient (Wildman–Crippen LogP) is 2.17. The Morgan fingerprint density at radius 2 is 2.00 bits per heavy atom. The van der Waals surface area contributed by atoms with Crippen molar-refractivity contribution < 1.29 is 0 Å². The molecule has 0 radical (unpaired) electrons. The normalized spacial score (nSPS) is 12.7. The molecule has 0 spiro atoms. The third kappa shape index (κ3) is 2.78. The van der Waals surface area contributed by atoms with E-state index in [0.29, 0.717) is 0 Å². The zero-order chi connectivity index (χ0) is 14.8. The van der Waals surface area contributed by atoms with Crippen LogP contribution in [0.25, 0.3) is 11.0 Å². The summed E-state index contributed by atoms with van der Waals surface area (Å²) in [6, 6.07) is 10.2. The predicted molar refractivity (Wildman–Crippen MR) is 83.0 cm³/mol. The first-order valence-electron chi connectivity index (χ1n) is 7.06. The van der Waals surface area contributed by atoms with Gasteiger partial charge in [-0.05, 0) is 32.2 Å². The molecule has 108 valence electrons. The van der Waals surface area contributed by atoms with Crippen LogP contribution in [0.1, 0.15) is 23.1 Å². The number of benzene rings is 1. The largest absolute Gasteiger partial charge is 0.311 e. The van der Waals surface area contributed by atoms with Gasteiger partial charge in [-0.1, -0.05) is 12.1 Å². The Balaban J connectivity index is 1.92. The highest BCUT2D eigenvalue weighted by atomic mass is 15.3. The van der Waals surface area contributed by atoms with Crippen molar-refractivity contribution in [1.29, 1.82) is 0 Å². The smallest absolute Gasteiger partial charge is 0.0890 e. The fraction of sp³-hybridized carbons (Fsp3) is 0.312. The molecule has 1 atom stereocenters. The van der Waals surface area contributed by atoms with Crippen molar-refractivity contribution in [2.45, 2.75) is 19.4 Å². The maximum Gasteiger partial charge on any atom is 0.0890 e. The number of aromatic nitrogens is 4. The van der Waals surface area contributed by atoms with Crippen LogP contribution < -0.4 is 5.32 Å². The molecular weight excluding hydrogens is 262 g/mol. The van der Waals surface area contributed by atoms with E-state index in [1.807, 2.05) is 56.2 Å². The summed E-state index contributed by atoms with van der Waals surface area (Å²) in [4.78, 5) is 9.22. The number of nitrogens with one attached hydrogen (secondary N) is 1. The summed E-state index contributed by atoms with van der Waals surface area (Å²) in [7, 11) is 3.92. The quantitative estimate of drug-likeness (QED) is 0.796. The Morgan fingerprint density at radius 1 is 1.24 bits per heavy atom. The monoisotopic (exact) mass is 281 g/mol. The van der Waals surface area contributed by atoms with E-state index < -0.39 is 0 Å². The van der Waals surface area contributed by atoms with Crippen molar-refractivity contribution in [1.82, 2.24) is 25.1 Å². The zero-order valence-corrected chi connectivity index (χ0v) is 12.5. The minimum absolute atomic E-state index is 0.122. The van der Waals surface area contributed by atoms with E-state index in [0.717, 1.165) is 28.8 Å². The van der Waals surface area contributed by atoms with Gasteiger partial charge in [0.15, 0.2) is 0 Å².